The zero-order chi connectivity index (χ0) is 17.9. The molecule has 0 unspecified atom stereocenters. The lowest BCUT2D eigenvalue weighted by molar-refractivity contribution is -0.115. The molecule has 0 fully saturated rings. The largest absolute Gasteiger partial charge is 0.496 e. The van der Waals surface area contributed by atoms with Crippen LogP contribution in [-0.2, 0) is 11.2 Å². The second kappa shape index (κ2) is 6.67. The van der Waals surface area contributed by atoms with E-state index in [4.69, 9.17) is 4.74 Å². The van der Waals surface area contributed by atoms with Gasteiger partial charge in [-0.2, -0.15) is 5.10 Å². The highest BCUT2D eigenvalue weighted by Crippen LogP contribution is 2.29. The van der Waals surface area contributed by atoms with Gasteiger partial charge in [0.15, 0.2) is 5.82 Å². The number of fused-ring (bicyclic) bond motifs is 1. The van der Waals surface area contributed by atoms with Crippen LogP contribution in [0, 0.1) is 0 Å². The Labute approximate surface area is 148 Å². The van der Waals surface area contributed by atoms with Crippen LogP contribution in [0.15, 0.2) is 55.4 Å². The van der Waals surface area contributed by atoms with Crippen LogP contribution in [0.4, 0.5) is 5.69 Å². The van der Waals surface area contributed by atoms with Crippen molar-refractivity contribution in [2.24, 2.45) is 0 Å². The minimum Gasteiger partial charge on any atom is -0.496 e. The standard InChI is InChI=1S/C18H16N6O2/c1-26-15-5-2-4-13-17(15)12(9-20-13)8-16(25)23-14-10-19-11-21-18(14)24-7-3-6-22-24/h2-7,9-11,20H,8H2,1H3,(H,23,25). The molecule has 1 amide bonds. The Kier molecular flexibility index (Phi) is 4.06. The molecule has 2 N–H and O–H groups in total. The number of amides is 1. The molecule has 0 saturated heterocycles. The summed E-state index contributed by atoms with van der Waals surface area (Å²) in [4.78, 5) is 23.9. The lowest BCUT2D eigenvalue weighted by Crippen LogP contribution is -2.17. The maximum atomic E-state index is 12.6. The van der Waals surface area contributed by atoms with Gasteiger partial charge in [-0.15, -0.1) is 0 Å². The summed E-state index contributed by atoms with van der Waals surface area (Å²) >= 11 is 0. The first-order valence-corrected chi connectivity index (χ1v) is 7.99. The third-order valence-corrected chi connectivity index (χ3v) is 4.01. The van der Waals surface area contributed by atoms with Gasteiger partial charge in [-0.1, -0.05) is 6.07 Å². The van der Waals surface area contributed by atoms with Crippen molar-refractivity contribution < 1.29 is 9.53 Å². The number of H-pyrrole nitrogens is 1. The molecule has 26 heavy (non-hydrogen) atoms. The molecule has 8 nitrogen and oxygen atoms in total. The van der Waals surface area contributed by atoms with Crippen molar-refractivity contribution in [3.63, 3.8) is 0 Å². The number of anilines is 1. The number of aromatic amines is 1. The van der Waals surface area contributed by atoms with E-state index in [0.29, 0.717) is 11.5 Å². The van der Waals surface area contributed by atoms with Crippen LogP contribution in [-0.4, -0.2) is 37.7 Å². The molecule has 0 spiro atoms. The highest BCUT2D eigenvalue weighted by molar-refractivity contribution is 5.98. The highest BCUT2D eigenvalue weighted by atomic mass is 16.5. The number of nitrogens with one attached hydrogen (secondary N) is 2. The number of benzene rings is 1. The molecule has 3 heterocycles. The van der Waals surface area contributed by atoms with E-state index in [0.717, 1.165) is 22.2 Å². The average Bonchev–Trinajstić information content (AvgIpc) is 3.32. The molecule has 0 aliphatic rings. The van der Waals surface area contributed by atoms with Crippen molar-refractivity contribution in [1.29, 1.82) is 0 Å². The van der Waals surface area contributed by atoms with E-state index in [2.05, 4.69) is 25.4 Å². The molecule has 4 aromatic rings. The molecule has 130 valence electrons. The van der Waals surface area contributed by atoms with E-state index >= 15 is 0 Å². The van der Waals surface area contributed by atoms with Gasteiger partial charge < -0.3 is 15.0 Å². The summed E-state index contributed by atoms with van der Waals surface area (Å²) in [6.07, 6.45) is 8.37. The van der Waals surface area contributed by atoms with Crippen LogP contribution in [0.1, 0.15) is 5.56 Å². The number of carbonyl (C=O) groups is 1. The Morgan fingerprint density at radius 3 is 3.08 bits per heavy atom. The minimum absolute atomic E-state index is 0.181. The molecule has 0 saturated carbocycles. The Morgan fingerprint density at radius 2 is 2.27 bits per heavy atom. The summed E-state index contributed by atoms with van der Waals surface area (Å²) < 4.78 is 6.99. The van der Waals surface area contributed by atoms with Crippen molar-refractivity contribution in [2.45, 2.75) is 6.42 Å². The van der Waals surface area contributed by atoms with Gasteiger partial charge in [0, 0.05) is 29.5 Å². The van der Waals surface area contributed by atoms with Crippen LogP contribution in [0.3, 0.4) is 0 Å². The van der Waals surface area contributed by atoms with Gasteiger partial charge in [-0.25, -0.2) is 14.6 Å². The molecule has 0 aliphatic heterocycles. The van der Waals surface area contributed by atoms with Crippen molar-refractivity contribution >= 4 is 22.5 Å². The van der Waals surface area contributed by atoms with E-state index in [9.17, 15) is 4.79 Å². The molecule has 0 aliphatic carbocycles. The van der Waals surface area contributed by atoms with E-state index < -0.39 is 0 Å². The Bertz CT molecular complexity index is 1050. The zero-order valence-electron chi connectivity index (χ0n) is 14.0. The van der Waals surface area contributed by atoms with Gasteiger partial charge in [-0.3, -0.25) is 4.79 Å². The average molecular weight is 348 g/mol. The van der Waals surface area contributed by atoms with Crippen LogP contribution in [0.5, 0.6) is 5.75 Å². The molecule has 0 bridgehead atoms. The zero-order valence-corrected chi connectivity index (χ0v) is 14.0. The minimum atomic E-state index is -0.181. The van der Waals surface area contributed by atoms with Crippen LogP contribution in [0.2, 0.25) is 0 Å². The van der Waals surface area contributed by atoms with E-state index in [-0.39, 0.29) is 12.3 Å². The maximum Gasteiger partial charge on any atom is 0.229 e. The Hall–Kier alpha value is -3.68. The van der Waals surface area contributed by atoms with Gasteiger partial charge in [-0.05, 0) is 23.8 Å². The lowest BCUT2D eigenvalue weighted by atomic mass is 10.1. The third-order valence-electron chi connectivity index (χ3n) is 4.01. The number of rotatable bonds is 5. The smallest absolute Gasteiger partial charge is 0.229 e. The number of aromatic nitrogens is 5. The first-order valence-electron chi connectivity index (χ1n) is 7.99. The summed E-state index contributed by atoms with van der Waals surface area (Å²) in [6, 6.07) is 7.50. The normalized spacial score (nSPS) is 10.8. The topological polar surface area (TPSA) is 97.7 Å². The van der Waals surface area contributed by atoms with Crippen LogP contribution in [0.25, 0.3) is 16.7 Å². The van der Waals surface area contributed by atoms with Crippen molar-refractivity contribution in [3.05, 3.63) is 60.9 Å². The number of methoxy groups -OCH3 is 1. The molecular weight excluding hydrogens is 332 g/mol. The molecule has 3 aromatic heterocycles. The third kappa shape index (κ3) is 2.88. The van der Waals surface area contributed by atoms with Crippen molar-refractivity contribution in [2.75, 3.05) is 12.4 Å². The number of ether oxygens (including phenoxy) is 1. The highest BCUT2D eigenvalue weighted by Gasteiger charge is 2.15. The molecule has 0 radical (unpaired) electrons. The Balaban J connectivity index is 1.60. The van der Waals surface area contributed by atoms with Crippen molar-refractivity contribution in [1.82, 2.24) is 24.7 Å². The van der Waals surface area contributed by atoms with Crippen LogP contribution >= 0.6 is 0 Å². The fraction of sp³-hybridized carbons (Fsp3) is 0.111. The number of nitrogens with zero attached hydrogens (tertiary/aromatic N) is 4. The molecular formula is C18H16N6O2. The number of hydrogen-bond donors (Lipinski definition) is 2. The second-order valence-electron chi connectivity index (χ2n) is 5.63. The van der Waals surface area contributed by atoms with Gasteiger partial charge in [0.25, 0.3) is 0 Å². The first kappa shape index (κ1) is 15.8. The second-order valence-corrected chi connectivity index (χ2v) is 5.63. The molecule has 1 aromatic carbocycles. The number of hydrogen-bond acceptors (Lipinski definition) is 5. The SMILES string of the molecule is COc1cccc2[nH]cc(CC(=O)Nc3cncnc3-n3cccn3)c12. The van der Waals surface area contributed by atoms with Gasteiger partial charge in [0.05, 0.1) is 19.7 Å². The predicted octanol–water partition coefficient (Wildman–Crippen LogP) is 2.33. The van der Waals surface area contributed by atoms with Gasteiger partial charge >= 0.3 is 0 Å². The molecule has 0 atom stereocenters. The van der Waals surface area contributed by atoms with Crippen LogP contribution < -0.4 is 10.1 Å². The van der Waals surface area contributed by atoms with E-state index in [1.807, 2.05) is 24.4 Å². The van der Waals surface area contributed by atoms with E-state index in [1.54, 1.807) is 36.4 Å². The molecule has 4 rings (SSSR count). The van der Waals surface area contributed by atoms with Gasteiger partial charge in [0.2, 0.25) is 5.91 Å². The summed E-state index contributed by atoms with van der Waals surface area (Å²) in [5.41, 5.74) is 2.27. The fourth-order valence-electron chi connectivity index (χ4n) is 2.88. The number of carbonyl (C=O) groups excluding carboxylic acids is 1. The monoisotopic (exact) mass is 348 g/mol. The maximum absolute atomic E-state index is 12.6. The summed E-state index contributed by atoms with van der Waals surface area (Å²) in [6.45, 7) is 0. The fourth-order valence-corrected chi connectivity index (χ4v) is 2.88. The van der Waals surface area contributed by atoms with E-state index in [1.165, 1.54) is 6.33 Å². The summed E-state index contributed by atoms with van der Waals surface area (Å²) in [7, 11) is 1.61. The molecule has 8 heteroatoms. The first-order chi connectivity index (χ1) is 12.8. The Morgan fingerprint density at radius 1 is 1.35 bits per heavy atom. The quantitative estimate of drug-likeness (QED) is 0.577. The van der Waals surface area contributed by atoms with Crippen molar-refractivity contribution in [3.8, 4) is 11.6 Å². The van der Waals surface area contributed by atoms with Gasteiger partial charge in [0.1, 0.15) is 17.8 Å². The lowest BCUT2D eigenvalue weighted by Gasteiger charge is -2.09. The predicted molar refractivity (Wildman–Crippen MR) is 96.3 cm³/mol. The summed E-state index contributed by atoms with van der Waals surface area (Å²) in [5, 5.41) is 7.91. The summed E-state index contributed by atoms with van der Waals surface area (Å²) in [5.74, 6) is 1.06.